The van der Waals surface area contributed by atoms with Gasteiger partial charge in [0.05, 0.1) is 28.6 Å². The van der Waals surface area contributed by atoms with Crippen LogP contribution in [-0.4, -0.2) is 9.55 Å². The molecule has 0 saturated carbocycles. The van der Waals surface area contributed by atoms with Crippen molar-refractivity contribution in [2.45, 2.75) is 19.3 Å². The minimum absolute atomic E-state index is 0.110. The van der Waals surface area contributed by atoms with E-state index in [4.69, 9.17) is 0 Å². The van der Waals surface area contributed by atoms with E-state index in [-0.39, 0.29) is 5.41 Å². The number of benzene rings is 9. The van der Waals surface area contributed by atoms with Crippen LogP contribution < -0.4 is 4.90 Å². The Balaban J connectivity index is 1.15. The summed E-state index contributed by atoms with van der Waals surface area (Å²) >= 11 is 0. The number of hydrogen-bond acceptors (Lipinski definition) is 2. The molecule has 3 heteroatoms. The maximum atomic E-state index is 4.58. The van der Waals surface area contributed by atoms with Gasteiger partial charge in [0.15, 0.2) is 0 Å². The van der Waals surface area contributed by atoms with E-state index >= 15 is 0 Å². The van der Waals surface area contributed by atoms with Crippen LogP contribution in [0.15, 0.2) is 200 Å². The number of rotatable bonds is 5. The van der Waals surface area contributed by atoms with Crippen molar-refractivity contribution in [1.29, 1.82) is 0 Å². The summed E-state index contributed by atoms with van der Waals surface area (Å²) in [5.41, 5.74) is 14.6. The van der Waals surface area contributed by atoms with Crippen molar-refractivity contribution in [1.82, 2.24) is 9.55 Å². The lowest BCUT2D eigenvalue weighted by Gasteiger charge is -2.29. The Morgan fingerprint density at radius 2 is 1.14 bits per heavy atom. The van der Waals surface area contributed by atoms with Crippen LogP contribution in [0.5, 0.6) is 0 Å². The molecule has 9 aromatic carbocycles. The molecule has 2 aromatic heterocycles. The van der Waals surface area contributed by atoms with Crippen molar-refractivity contribution in [3.63, 3.8) is 0 Å². The Kier molecular flexibility index (Phi) is 7.27. The standard InChI is InChI=1S/C56H39N3/c1-56(2)50-25-13-12-20-42(50)47-33-49-48-32-38(27-29-52(48)59(53(49)34-51(47)56)41-19-14-30-57-35-41)54-43-21-8-10-23-45(43)55(46-24-11-9-22-44(46)54)58(39-17-4-3-5-18-39)40-28-26-36-15-6-7-16-37(36)31-40/h3-35H,1-2H3. The third-order valence-electron chi connectivity index (χ3n) is 12.8. The highest BCUT2D eigenvalue weighted by Gasteiger charge is 2.36. The summed E-state index contributed by atoms with van der Waals surface area (Å²) in [6.07, 6.45) is 3.83. The molecular weight excluding hydrogens is 715 g/mol. The highest BCUT2D eigenvalue weighted by molar-refractivity contribution is 6.23. The zero-order valence-corrected chi connectivity index (χ0v) is 32.9. The van der Waals surface area contributed by atoms with Crippen LogP contribution in [-0.2, 0) is 5.41 Å². The average molecular weight is 754 g/mol. The summed E-state index contributed by atoms with van der Waals surface area (Å²) in [7, 11) is 0. The fourth-order valence-corrected chi connectivity index (χ4v) is 10.1. The molecule has 0 N–H and O–H groups in total. The van der Waals surface area contributed by atoms with Crippen molar-refractivity contribution in [2.24, 2.45) is 0 Å². The SMILES string of the molecule is CC1(C)c2ccccc2-c2cc3c4cc(-c5c6ccccc6c(N(c6ccccc6)c6ccc7ccccc7c6)c6ccccc56)ccc4n(-c4cccnc4)c3cc21. The molecule has 12 rings (SSSR count). The van der Waals surface area contributed by atoms with Crippen LogP contribution in [0.4, 0.5) is 17.1 Å². The lowest BCUT2D eigenvalue weighted by Crippen LogP contribution is -2.14. The first-order valence-corrected chi connectivity index (χ1v) is 20.5. The normalized spacial score (nSPS) is 13.1. The number of aromatic nitrogens is 2. The van der Waals surface area contributed by atoms with E-state index in [1.807, 2.05) is 18.5 Å². The van der Waals surface area contributed by atoms with E-state index in [1.165, 1.54) is 93.2 Å². The maximum Gasteiger partial charge on any atom is 0.0645 e. The van der Waals surface area contributed by atoms with Gasteiger partial charge in [-0.05, 0) is 116 Å². The highest BCUT2D eigenvalue weighted by Crippen LogP contribution is 2.52. The fourth-order valence-electron chi connectivity index (χ4n) is 10.1. The van der Waals surface area contributed by atoms with Gasteiger partial charge >= 0.3 is 0 Å². The molecule has 0 unspecified atom stereocenters. The van der Waals surface area contributed by atoms with Gasteiger partial charge in [-0.25, -0.2) is 0 Å². The van der Waals surface area contributed by atoms with Crippen molar-refractivity contribution in [3.8, 4) is 27.9 Å². The zero-order valence-electron chi connectivity index (χ0n) is 32.9. The lowest BCUT2D eigenvalue weighted by molar-refractivity contribution is 0.661. The van der Waals surface area contributed by atoms with Crippen LogP contribution in [0.3, 0.4) is 0 Å². The molecule has 0 spiro atoms. The van der Waals surface area contributed by atoms with Gasteiger partial charge in [0.25, 0.3) is 0 Å². The molecular formula is C56H39N3. The van der Waals surface area contributed by atoms with E-state index in [2.05, 4.69) is 210 Å². The molecule has 0 fully saturated rings. The molecule has 1 aliphatic carbocycles. The van der Waals surface area contributed by atoms with Crippen molar-refractivity contribution in [3.05, 3.63) is 212 Å². The number of pyridine rings is 1. The summed E-state index contributed by atoms with van der Waals surface area (Å²) in [4.78, 5) is 7.03. The van der Waals surface area contributed by atoms with Gasteiger partial charge in [-0.2, -0.15) is 0 Å². The second kappa shape index (κ2) is 12.8. The number of para-hydroxylation sites is 1. The third-order valence-corrected chi connectivity index (χ3v) is 12.8. The molecule has 1 aliphatic rings. The first-order valence-electron chi connectivity index (χ1n) is 20.5. The van der Waals surface area contributed by atoms with E-state index in [0.29, 0.717) is 0 Å². The van der Waals surface area contributed by atoms with Gasteiger partial charge in [0.2, 0.25) is 0 Å². The van der Waals surface area contributed by atoms with Gasteiger partial charge in [-0.15, -0.1) is 0 Å². The highest BCUT2D eigenvalue weighted by atomic mass is 15.1. The summed E-state index contributed by atoms with van der Waals surface area (Å²) < 4.78 is 2.40. The van der Waals surface area contributed by atoms with Gasteiger partial charge in [-0.1, -0.05) is 141 Å². The first kappa shape index (κ1) is 33.6. The topological polar surface area (TPSA) is 21.1 Å². The maximum absolute atomic E-state index is 4.58. The fraction of sp³-hybridized carbons (Fsp3) is 0.0536. The number of nitrogens with zero attached hydrogens (tertiary/aromatic N) is 3. The second-order valence-corrected chi connectivity index (χ2v) is 16.4. The summed E-state index contributed by atoms with van der Waals surface area (Å²) in [6, 6.07) is 69.3. The number of fused-ring (bicyclic) bond motifs is 9. The van der Waals surface area contributed by atoms with Gasteiger partial charge < -0.3 is 9.47 Å². The summed E-state index contributed by atoms with van der Waals surface area (Å²) in [6.45, 7) is 4.72. The molecule has 0 bridgehead atoms. The minimum atomic E-state index is -0.110. The third kappa shape index (κ3) is 4.98. The zero-order chi connectivity index (χ0) is 39.2. The van der Waals surface area contributed by atoms with Crippen molar-refractivity contribution < 1.29 is 0 Å². The van der Waals surface area contributed by atoms with E-state index in [1.54, 1.807) is 0 Å². The number of hydrogen-bond donors (Lipinski definition) is 0. The predicted molar refractivity (Wildman–Crippen MR) is 249 cm³/mol. The average Bonchev–Trinajstić information content (AvgIpc) is 3.73. The Bertz CT molecular complexity index is 3410. The Labute approximate surface area is 343 Å². The monoisotopic (exact) mass is 753 g/mol. The molecule has 278 valence electrons. The van der Waals surface area contributed by atoms with Crippen LogP contribution in [0.1, 0.15) is 25.0 Å². The van der Waals surface area contributed by atoms with Gasteiger partial charge in [0.1, 0.15) is 0 Å². The molecule has 2 heterocycles. The minimum Gasteiger partial charge on any atom is -0.309 e. The molecule has 11 aromatic rings. The molecule has 0 atom stereocenters. The van der Waals surface area contributed by atoms with Crippen LogP contribution in [0.25, 0.3) is 82.1 Å². The second-order valence-electron chi connectivity index (χ2n) is 16.4. The predicted octanol–water partition coefficient (Wildman–Crippen LogP) is 15.1. The van der Waals surface area contributed by atoms with Crippen molar-refractivity contribution >= 4 is 71.2 Å². The molecule has 0 aliphatic heterocycles. The van der Waals surface area contributed by atoms with Crippen LogP contribution in [0, 0.1) is 0 Å². The Morgan fingerprint density at radius 1 is 0.458 bits per heavy atom. The van der Waals surface area contributed by atoms with E-state index in [0.717, 1.165) is 17.1 Å². The van der Waals surface area contributed by atoms with E-state index < -0.39 is 0 Å². The van der Waals surface area contributed by atoms with Gasteiger partial charge in [-0.3, -0.25) is 4.98 Å². The quantitative estimate of drug-likeness (QED) is 0.163. The lowest BCUT2D eigenvalue weighted by atomic mass is 9.82. The number of anilines is 3. The molecule has 0 saturated heterocycles. The Hall–Kier alpha value is -7.49. The van der Waals surface area contributed by atoms with Crippen LogP contribution >= 0.6 is 0 Å². The first-order chi connectivity index (χ1) is 29.0. The van der Waals surface area contributed by atoms with E-state index in [9.17, 15) is 0 Å². The summed E-state index contributed by atoms with van der Waals surface area (Å²) in [5, 5.41) is 9.75. The summed E-state index contributed by atoms with van der Waals surface area (Å²) in [5.74, 6) is 0. The molecule has 3 nitrogen and oxygen atoms in total. The Morgan fingerprint density at radius 3 is 1.90 bits per heavy atom. The molecule has 0 amide bonds. The van der Waals surface area contributed by atoms with Crippen molar-refractivity contribution in [2.75, 3.05) is 4.90 Å². The van der Waals surface area contributed by atoms with Crippen LogP contribution in [0.2, 0.25) is 0 Å². The smallest absolute Gasteiger partial charge is 0.0645 e. The molecule has 59 heavy (non-hydrogen) atoms. The largest absolute Gasteiger partial charge is 0.309 e. The molecule has 0 radical (unpaired) electrons. The van der Waals surface area contributed by atoms with Gasteiger partial charge in [0, 0.05) is 44.5 Å².